The van der Waals surface area contributed by atoms with Crippen molar-refractivity contribution in [2.75, 3.05) is 18.4 Å². The molecule has 5 heteroatoms. The Morgan fingerprint density at radius 3 is 2.19 bits per heavy atom. The first-order valence-corrected chi connectivity index (χ1v) is 9.09. The van der Waals surface area contributed by atoms with Crippen molar-refractivity contribution >= 4 is 17.5 Å². The van der Waals surface area contributed by atoms with Gasteiger partial charge in [0, 0.05) is 30.5 Å². The van der Waals surface area contributed by atoms with Gasteiger partial charge in [-0.1, -0.05) is 19.9 Å². The van der Waals surface area contributed by atoms with Crippen LogP contribution >= 0.6 is 0 Å². The fraction of sp³-hybridized carbons (Fsp3) is 0.381. The number of hydrogen-bond acceptors (Lipinski definition) is 3. The second-order valence-electron chi connectivity index (χ2n) is 6.55. The first-order valence-electron chi connectivity index (χ1n) is 9.09. The average molecular weight is 353 g/mol. The summed E-state index contributed by atoms with van der Waals surface area (Å²) in [5, 5.41) is 2.86. The van der Waals surface area contributed by atoms with Gasteiger partial charge in [0.15, 0.2) is 0 Å². The van der Waals surface area contributed by atoms with Crippen molar-refractivity contribution < 1.29 is 9.59 Å². The monoisotopic (exact) mass is 353 g/mol. The fourth-order valence-corrected chi connectivity index (χ4v) is 2.97. The molecule has 2 amide bonds. The molecule has 26 heavy (non-hydrogen) atoms. The number of carbonyl (C=O) groups excluding carboxylic acids is 2. The van der Waals surface area contributed by atoms with Crippen molar-refractivity contribution in [1.82, 2.24) is 9.88 Å². The summed E-state index contributed by atoms with van der Waals surface area (Å²) >= 11 is 0. The third-order valence-electron chi connectivity index (χ3n) is 3.99. The second kappa shape index (κ2) is 9.13. The van der Waals surface area contributed by atoms with E-state index in [4.69, 9.17) is 0 Å². The lowest BCUT2D eigenvalue weighted by Crippen LogP contribution is -2.32. The lowest BCUT2D eigenvalue weighted by Gasteiger charge is -2.21. The van der Waals surface area contributed by atoms with E-state index in [9.17, 15) is 9.59 Å². The van der Waals surface area contributed by atoms with Crippen LogP contribution in [0.3, 0.4) is 0 Å². The van der Waals surface area contributed by atoms with Crippen LogP contribution in [0.2, 0.25) is 0 Å². The highest BCUT2D eigenvalue weighted by molar-refractivity contribution is 6.04. The first-order chi connectivity index (χ1) is 12.4. The van der Waals surface area contributed by atoms with Crippen LogP contribution < -0.4 is 5.32 Å². The summed E-state index contributed by atoms with van der Waals surface area (Å²) in [6.45, 7) is 9.47. The second-order valence-corrected chi connectivity index (χ2v) is 6.55. The Kier molecular flexibility index (Phi) is 6.89. The summed E-state index contributed by atoms with van der Waals surface area (Å²) < 4.78 is 0. The molecule has 5 nitrogen and oxygen atoms in total. The molecule has 138 valence electrons. The highest BCUT2D eigenvalue weighted by Crippen LogP contribution is 2.15. The number of hydrogen-bond donors (Lipinski definition) is 1. The Balaban J connectivity index is 2.19. The third-order valence-corrected chi connectivity index (χ3v) is 3.99. The zero-order chi connectivity index (χ0) is 19.1. The molecular weight excluding hydrogens is 326 g/mol. The predicted molar refractivity (Wildman–Crippen MR) is 105 cm³/mol. The van der Waals surface area contributed by atoms with Crippen LogP contribution in [0.1, 0.15) is 58.7 Å². The minimum absolute atomic E-state index is 0.0587. The Hall–Kier alpha value is -2.69. The molecule has 0 unspecified atom stereocenters. The van der Waals surface area contributed by atoms with Crippen LogP contribution in [0, 0.1) is 13.8 Å². The number of amides is 2. The molecule has 0 spiro atoms. The van der Waals surface area contributed by atoms with Gasteiger partial charge >= 0.3 is 0 Å². The predicted octanol–water partition coefficient (Wildman–Crippen LogP) is 4.21. The quantitative estimate of drug-likeness (QED) is 0.811. The van der Waals surface area contributed by atoms with Gasteiger partial charge in [0.2, 0.25) is 0 Å². The number of carbonyl (C=O) groups is 2. The third kappa shape index (κ3) is 5.15. The molecular formula is C21H27N3O2. The number of rotatable bonds is 7. The van der Waals surface area contributed by atoms with Crippen molar-refractivity contribution in [2.24, 2.45) is 0 Å². The maximum Gasteiger partial charge on any atom is 0.274 e. The number of nitrogens with zero attached hydrogens (tertiary/aromatic N) is 2. The minimum Gasteiger partial charge on any atom is -0.339 e. The molecule has 0 fully saturated rings. The Morgan fingerprint density at radius 1 is 1.00 bits per heavy atom. The van der Waals surface area contributed by atoms with E-state index in [-0.39, 0.29) is 17.5 Å². The molecule has 0 aliphatic heterocycles. The van der Waals surface area contributed by atoms with Crippen molar-refractivity contribution in [3.63, 3.8) is 0 Å². The van der Waals surface area contributed by atoms with Crippen LogP contribution in [0.15, 0.2) is 36.5 Å². The van der Waals surface area contributed by atoms with Gasteiger partial charge in [-0.15, -0.1) is 0 Å². The van der Waals surface area contributed by atoms with Crippen molar-refractivity contribution in [2.45, 2.75) is 40.5 Å². The van der Waals surface area contributed by atoms with E-state index in [1.807, 2.05) is 50.8 Å². The summed E-state index contributed by atoms with van der Waals surface area (Å²) in [7, 11) is 0. The van der Waals surface area contributed by atoms with Crippen molar-refractivity contribution in [1.29, 1.82) is 0 Å². The molecule has 1 aromatic carbocycles. The largest absolute Gasteiger partial charge is 0.339 e. The molecule has 0 bridgehead atoms. The lowest BCUT2D eigenvalue weighted by molar-refractivity contribution is 0.0755. The zero-order valence-corrected chi connectivity index (χ0v) is 16.0. The van der Waals surface area contributed by atoms with E-state index in [1.54, 1.807) is 12.1 Å². The topological polar surface area (TPSA) is 62.3 Å². The smallest absolute Gasteiger partial charge is 0.274 e. The summed E-state index contributed by atoms with van der Waals surface area (Å²) in [6.07, 6.45) is 3.31. The summed E-state index contributed by atoms with van der Waals surface area (Å²) in [5.41, 5.74) is 3.61. The number of anilines is 1. The molecule has 1 heterocycles. The molecule has 0 aliphatic carbocycles. The summed E-state index contributed by atoms with van der Waals surface area (Å²) in [6, 6.07) is 9.09. The fourth-order valence-electron chi connectivity index (χ4n) is 2.97. The van der Waals surface area contributed by atoms with E-state index in [0.29, 0.717) is 18.7 Å². The van der Waals surface area contributed by atoms with Crippen LogP contribution in [0.25, 0.3) is 0 Å². The summed E-state index contributed by atoms with van der Waals surface area (Å²) in [4.78, 5) is 31.2. The molecule has 0 saturated carbocycles. The number of aromatic nitrogens is 1. The summed E-state index contributed by atoms with van der Waals surface area (Å²) in [5.74, 6) is -0.376. The highest BCUT2D eigenvalue weighted by atomic mass is 16.2. The van der Waals surface area contributed by atoms with E-state index in [2.05, 4.69) is 10.3 Å². The van der Waals surface area contributed by atoms with Crippen LogP contribution in [0.5, 0.6) is 0 Å². The van der Waals surface area contributed by atoms with Crippen molar-refractivity contribution in [3.05, 3.63) is 58.9 Å². The molecule has 2 rings (SSSR count). The van der Waals surface area contributed by atoms with Gasteiger partial charge in [0.25, 0.3) is 11.8 Å². The Morgan fingerprint density at radius 2 is 1.62 bits per heavy atom. The van der Waals surface area contributed by atoms with Gasteiger partial charge in [-0.25, -0.2) is 0 Å². The molecule has 1 N–H and O–H groups in total. The van der Waals surface area contributed by atoms with Crippen LogP contribution in [-0.2, 0) is 0 Å². The minimum atomic E-state index is -0.317. The molecule has 1 aromatic heterocycles. The molecule has 0 atom stereocenters. The van der Waals surface area contributed by atoms with Gasteiger partial charge in [-0.2, -0.15) is 0 Å². The van der Waals surface area contributed by atoms with Gasteiger partial charge in [0.1, 0.15) is 5.69 Å². The van der Waals surface area contributed by atoms with E-state index < -0.39 is 0 Å². The highest BCUT2D eigenvalue weighted by Gasteiger charge is 2.17. The average Bonchev–Trinajstić information content (AvgIpc) is 2.60. The lowest BCUT2D eigenvalue weighted by atomic mass is 10.1. The van der Waals surface area contributed by atoms with Crippen LogP contribution in [0.4, 0.5) is 5.69 Å². The number of benzene rings is 1. The standard InChI is InChI=1S/C21H27N3O2/c1-5-9-24(10-6-2)21(26)17-7-8-22-19(14-17)20(25)23-18-12-15(3)11-16(4)13-18/h7-8,11-14H,5-6,9-10H2,1-4H3,(H,23,25). The number of pyridine rings is 1. The Labute approximate surface area is 155 Å². The normalized spacial score (nSPS) is 10.5. The molecule has 0 radical (unpaired) electrons. The van der Waals surface area contributed by atoms with Gasteiger partial charge in [-0.05, 0) is 62.1 Å². The molecule has 2 aromatic rings. The van der Waals surface area contributed by atoms with E-state index >= 15 is 0 Å². The van der Waals surface area contributed by atoms with Gasteiger partial charge < -0.3 is 10.2 Å². The van der Waals surface area contributed by atoms with Gasteiger partial charge in [-0.3, -0.25) is 14.6 Å². The molecule has 0 aliphatic rings. The maximum atomic E-state index is 12.7. The Bertz CT molecular complexity index is 760. The van der Waals surface area contributed by atoms with Gasteiger partial charge in [0.05, 0.1) is 0 Å². The van der Waals surface area contributed by atoms with E-state index in [1.165, 1.54) is 6.20 Å². The van der Waals surface area contributed by atoms with E-state index in [0.717, 1.165) is 29.7 Å². The maximum absolute atomic E-state index is 12.7. The SMILES string of the molecule is CCCN(CCC)C(=O)c1ccnc(C(=O)Nc2cc(C)cc(C)c2)c1. The van der Waals surface area contributed by atoms with Crippen molar-refractivity contribution in [3.8, 4) is 0 Å². The number of aryl methyl sites for hydroxylation is 2. The zero-order valence-electron chi connectivity index (χ0n) is 16.0. The first kappa shape index (κ1) is 19.6. The van der Waals surface area contributed by atoms with Crippen LogP contribution in [-0.4, -0.2) is 34.8 Å². The number of nitrogens with one attached hydrogen (secondary N) is 1. The molecule has 0 saturated heterocycles.